The Labute approximate surface area is 436 Å². The Bertz CT molecular complexity index is 1700. The Morgan fingerprint density at radius 1 is 0.319 bits per heavy atom. The summed E-state index contributed by atoms with van der Waals surface area (Å²) in [5.41, 5.74) is 10.6. The van der Waals surface area contributed by atoms with Gasteiger partial charge in [0, 0.05) is 19.6 Å². The summed E-state index contributed by atoms with van der Waals surface area (Å²) in [4.78, 5) is 84.4. The van der Waals surface area contributed by atoms with Crippen molar-refractivity contribution >= 4 is 35.8 Å². The van der Waals surface area contributed by atoms with E-state index in [1.807, 2.05) is 98.0 Å². The number of esters is 6. The van der Waals surface area contributed by atoms with Crippen molar-refractivity contribution in [3.05, 3.63) is 0 Å². The van der Waals surface area contributed by atoms with Crippen LogP contribution in [0.4, 0.5) is 0 Å². The van der Waals surface area contributed by atoms with E-state index in [9.17, 15) is 28.8 Å². The molecule has 0 radical (unpaired) electrons. The monoisotopic (exact) mass is 1030 g/mol. The van der Waals surface area contributed by atoms with E-state index in [0.29, 0.717) is 58.8 Å². The van der Waals surface area contributed by atoms with E-state index in [0.717, 1.165) is 6.42 Å². The Hall–Kier alpha value is -3.42. The lowest BCUT2D eigenvalue weighted by Crippen LogP contribution is -2.42. The fourth-order valence-electron chi connectivity index (χ4n) is 8.12. The predicted octanol–water partition coefficient (Wildman–Crippen LogP) is 5.39. The Balaban J connectivity index is 7.37. The SMILES string of the molecule is CCCC(C)(CCC(C)(CCC(C)(CCC(C)(CCC(C)(CCC(C)(CC)C(=O)OCCN)C(=O)OCCN)C(=O)OCCN)C(=O)OCC[N+](C)(C)C)C(=O)OCC[N+](C)(C)C)C(=O)OCC[N+](C)(C)C. The Kier molecular flexibility index (Phi) is 28.8. The molecule has 0 fully saturated rings. The fourth-order valence-corrected chi connectivity index (χ4v) is 8.12. The van der Waals surface area contributed by atoms with E-state index >= 15 is 0 Å². The van der Waals surface area contributed by atoms with Gasteiger partial charge in [-0.15, -0.1) is 0 Å². The molecule has 72 heavy (non-hydrogen) atoms. The van der Waals surface area contributed by atoms with Crippen LogP contribution in [0, 0.1) is 32.5 Å². The highest BCUT2D eigenvalue weighted by Crippen LogP contribution is 2.47. The predicted molar refractivity (Wildman–Crippen MR) is 282 cm³/mol. The van der Waals surface area contributed by atoms with E-state index in [-0.39, 0.29) is 117 Å². The minimum Gasteiger partial charge on any atom is -0.464 e. The molecule has 6 unspecified atom stereocenters. The molecular formula is C54H107N6O12+3. The summed E-state index contributed by atoms with van der Waals surface area (Å²) in [5, 5.41) is 0. The van der Waals surface area contributed by atoms with Gasteiger partial charge in [0.15, 0.2) is 0 Å². The van der Waals surface area contributed by atoms with Crippen molar-refractivity contribution < 1.29 is 70.6 Å². The number of rotatable bonds is 39. The lowest BCUT2D eigenvalue weighted by molar-refractivity contribution is -0.870. The second kappa shape index (κ2) is 30.2. The molecule has 422 valence electrons. The minimum atomic E-state index is -1.25. The van der Waals surface area contributed by atoms with Crippen molar-refractivity contribution in [2.75, 3.05) is 142 Å². The van der Waals surface area contributed by atoms with Crippen LogP contribution in [-0.2, 0) is 57.2 Å². The van der Waals surface area contributed by atoms with Crippen LogP contribution in [0.2, 0.25) is 0 Å². The van der Waals surface area contributed by atoms with Gasteiger partial charge < -0.3 is 59.1 Å². The molecule has 18 heteroatoms. The Morgan fingerprint density at radius 2 is 0.500 bits per heavy atom. The zero-order valence-corrected chi connectivity index (χ0v) is 48.7. The minimum absolute atomic E-state index is 0.0105. The number of carbonyl (C=O) groups is 6. The molecule has 0 rings (SSSR count). The van der Waals surface area contributed by atoms with Gasteiger partial charge in [0.1, 0.15) is 59.3 Å². The summed E-state index contributed by atoms with van der Waals surface area (Å²) in [6, 6.07) is 0. The standard InChI is InChI=1S/C54H107N6O12/c1-18-20-50(4,44(62)70-40-34-58(9,10)11)23-24-53(7,47(65)71-41-35-59(12,13)14)29-30-54(8,48(66)72-42-36-60(15,16)17)28-27-52(6,46(64)69-39-33-57)26-25-51(5,45(63)68-38-32-56)22-21-49(3,19-2)43(61)67-37-31-55/h18-42,55-57H2,1-17H3/q+3. The molecule has 0 aromatic heterocycles. The van der Waals surface area contributed by atoms with Crippen molar-refractivity contribution in [2.45, 2.75) is 139 Å². The highest BCUT2D eigenvalue weighted by molar-refractivity contribution is 5.81. The van der Waals surface area contributed by atoms with Crippen LogP contribution in [0.3, 0.4) is 0 Å². The van der Waals surface area contributed by atoms with Crippen LogP contribution >= 0.6 is 0 Å². The highest BCUT2D eigenvalue weighted by Gasteiger charge is 2.48. The Morgan fingerprint density at radius 3 is 0.681 bits per heavy atom. The number of nitrogens with two attached hydrogens (primary N) is 3. The van der Waals surface area contributed by atoms with Crippen molar-refractivity contribution in [3.8, 4) is 0 Å². The number of carbonyl (C=O) groups excluding carboxylic acids is 6. The maximum Gasteiger partial charge on any atom is 0.312 e. The fraction of sp³-hybridized carbons (Fsp3) is 0.889. The van der Waals surface area contributed by atoms with Crippen LogP contribution in [0.5, 0.6) is 0 Å². The first kappa shape index (κ1) is 68.6. The number of likely N-dealkylation sites (N-methyl/N-ethyl adjacent to an activating group) is 3. The third-order valence-corrected chi connectivity index (χ3v) is 14.7. The second-order valence-electron chi connectivity index (χ2n) is 25.2. The van der Waals surface area contributed by atoms with Gasteiger partial charge in [-0.1, -0.05) is 20.3 Å². The van der Waals surface area contributed by atoms with Crippen LogP contribution in [0.1, 0.15) is 139 Å². The first-order chi connectivity index (χ1) is 33.0. The summed E-state index contributed by atoms with van der Waals surface area (Å²) >= 11 is 0. The van der Waals surface area contributed by atoms with E-state index < -0.39 is 62.3 Å². The molecule has 18 nitrogen and oxygen atoms in total. The molecule has 0 spiro atoms. The smallest absolute Gasteiger partial charge is 0.312 e. The van der Waals surface area contributed by atoms with Gasteiger partial charge in [0.05, 0.1) is 95.9 Å². The lowest BCUT2D eigenvalue weighted by Gasteiger charge is -2.38. The molecule has 0 amide bonds. The number of nitrogens with zero attached hydrogens (tertiary/aromatic N) is 3. The maximum absolute atomic E-state index is 14.6. The molecule has 0 saturated carbocycles. The topological polar surface area (TPSA) is 236 Å². The summed E-state index contributed by atoms with van der Waals surface area (Å²) in [5.74, 6) is -2.65. The molecule has 0 aliphatic heterocycles. The average molecular weight is 1030 g/mol. The molecule has 0 aromatic carbocycles. The van der Waals surface area contributed by atoms with Crippen LogP contribution in [0.15, 0.2) is 0 Å². The van der Waals surface area contributed by atoms with E-state index in [1.165, 1.54) is 0 Å². The molecule has 0 aliphatic rings. The molecule has 0 saturated heterocycles. The van der Waals surface area contributed by atoms with E-state index in [4.69, 9.17) is 45.6 Å². The maximum atomic E-state index is 14.6. The molecule has 0 aromatic rings. The van der Waals surface area contributed by atoms with Gasteiger partial charge in [-0.05, 0) is 119 Å². The summed E-state index contributed by atoms with van der Waals surface area (Å²) in [7, 11) is 18.2. The molecule has 0 bridgehead atoms. The third kappa shape index (κ3) is 24.7. The summed E-state index contributed by atoms with van der Waals surface area (Å²) in [6.07, 6.45) is 3.89. The normalized spacial score (nSPS) is 17.3. The lowest BCUT2D eigenvalue weighted by atomic mass is 9.67. The molecule has 6 N–H and O–H groups in total. The van der Waals surface area contributed by atoms with Gasteiger partial charge in [0.25, 0.3) is 0 Å². The van der Waals surface area contributed by atoms with Gasteiger partial charge in [-0.2, -0.15) is 0 Å². The molecule has 0 heterocycles. The zero-order valence-electron chi connectivity index (χ0n) is 48.7. The van der Waals surface area contributed by atoms with Crippen LogP contribution < -0.4 is 17.2 Å². The van der Waals surface area contributed by atoms with Gasteiger partial charge in [-0.25, -0.2) is 0 Å². The third-order valence-electron chi connectivity index (χ3n) is 14.7. The van der Waals surface area contributed by atoms with Crippen molar-refractivity contribution in [1.82, 2.24) is 0 Å². The van der Waals surface area contributed by atoms with Crippen molar-refractivity contribution in [1.29, 1.82) is 0 Å². The van der Waals surface area contributed by atoms with Gasteiger partial charge >= 0.3 is 35.8 Å². The quantitative estimate of drug-likeness (QED) is 0.0398. The average Bonchev–Trinajstić information content (AvgIpc) is 3.29. The zero-order chi connectivity index (χ0) is 55.9. The second-order valence-corrected chi connectivity index (χ2v) is 25.2. The van der Waals surface area contributed by atoms with Crippen LogP contribution in [-0.4, -0.2) is 192 Å². The first-order valence-electron chi connectivity index (χ1n) is 26.5. The number of hydrogen-bond donors (Lipinski definition) is 3. The largest absolute Gasteiger partial charge is 0.464 e. The summed E-state index contributed by atoms with van der Waals surface area (Å²) in [6.45, 7) is 17.5. The first-order valence-corrected chi connectivity index (χ1v) is 26.5. The molecule has 0 aliphatic carbocycles. The highest BCUT2D eigenvalue weighted by atomic mass is 16.6. The number of quaternary nitrogens is 3. The van der Waals surface area contributed by atoms with Crippen molar-refractivity contribution in [3.63, 3.8) is 0 Å². The van der Waals surface area contributed by atoms with Crippen molar-refractivity contribution in [2.24, 2.45) is 49.7 Å². The van der Waals surface area contributed by atoms with E-state index in [2.05, 4.69) is 0 Å². The molecule has 6 atom stereocenters. The van der Waals surface area contributed by atoms with Gasteiger partial charge in [-0.3, -0.25) is 28.8 Å². The van der Waals surface area contributed by atoms with E-state index in [1.54, 1.807) is 20.8 Å². The molecular weight excluding hydrogens is 925 g/mol. The van der Waals surface area contributed by atoms with Crippen LogP contribution in [0.25, 0.3) is 0 Å². The number of hydrogen-bond acceptors (Lipinski definition) is 15. The number of ether oxygens (including phenoxy) is 6. The summed E-state index contributed by atoms with van der Waals surface area (Å²) < 4.78 is 36.6. The van der Waals surface area contributed by atoms with Gasteiger partial charge in [0.2, 0.25) is 0 Å².